The fraction of sp³-hybridized carbons (Fsp3) is 0.0667. The Labute approximate surface area is 163 Å². The van der Waals surface area contributed by atoms with Gasteiger partial charge in [-0.1, -0.05) is 29.3 Å². The van der Waals surface area contributed by atoms with Crippen LogP contribution in [0.3, 0.4) is 0 Å². The molecule has 144 valence electrons. The molecule has 0 aromatic heterocycles. The van der Waals surface area contributed by atoms with Crippen LogP contribution in [0.15, 0.2) is 35.2 Å². The second kappa shape index (κ2) is 8.32. The van der Waals surface area contributed by atoms with Crippen LogP contribution in [0.5, 0.6) is 0 Å². The summed E-state index contributed by atoms with van der Waals surface area (Å²) in [6.07, 6.45) is 0. The Morgan fingerprint density at radius 1 is 1.00 bits per heavy atom. The molecule has 4 nitrogen and oxygen atoms in total. The fourth-order valence-corrected chi connectivity index (χ4v) is 2.96. The number of anilines is 1. The summed E-state index contributed by atoms with van der Waals surface area (Å²) < 4.78 is 64.6. The summed E-state index contributed by atoms with van der Waals surface area (Å²) in [5.74, 6) is -3.42. The van der Waals surface area contributed by atoms with Crippen LogP contribution in [0.1, 0.15) is 10.4 Å². The summed E-state index contributed by atoms with van der Waals surface area (Å²) in [5.41, 5.74) is -5.88. The first-order chi connectivity index (χ1) is 12.5. The van der Waals surface area contributed by atoms with Gasteiger partial charge in [0.15, 0.2) is 0 Å². The van der Waals surface area contributed by atoms with Crippen LogP contribution in [-0.4, -0.2) is 17.4 Å². The van der Waals surface area contributed by atoms with Gasteiger partial charge in [-0.2, -0.15) is 13.2 Å². The molecule has 2 rings (SSSR count). The first-order valence-electron chi connectivity index (χ1n) is 6.79. The Balaban J connectivity index is 2.14. The highest BCUT2D eigenvalue weighted by molar-refractivity contribution is 8.00. The number of thioether (sulfide) groups is 1. The lowest BCUT2D eigenvalue weighted by Gasteiger charge is -2.12. The molecule has 0 aliphatic heterocycles. The van der Waals surface area contributed by atoms with E-state index in [2.05, 4.69) is 0 Å². The Morgan fingerprint density at radius 2 is 1.67 bits per heavy atom. The summed E-state index contributed by atoms with van der Waals surface area (Å²) in [5, 5.41) is 2.88. The minimum Gasteiger partial charge on any atom is -0.305 e. The fourth-order valence-electron chi connectivity index (χ4n) is 1.86. The van der Waals surface area contributed by atoms with Gasteiger partial charge in [0.05, 0.1) is 21.3 Å². The molecule has 2 aromatic rings. The number of urea groups is 1. The third kappa shape index (κ3) is 5.72. The third-order valence-electron chi connectivity index (χ3n) is 2.91. The summed E-state index contributed by atoms with van der Waals surface area (Å²) in [6, 6.07) is 3.34. The summed E-state index contributed by atoms with van der Waals surface area (Å²) >= 11 is 10.7. The first kappa shape index (κ1) is 21.3. The molecule has 2 N–H and O–H groups in total. The molecule has 0 unspecified atom stereocenters. The number of halogens is 7. The molecule has 0 radical (unpaired) electrons. The minimum atomic E-state index is -4.69. The second-order valence-corrected chi connectivity index (χ2v) is 6.74. The average molecular weight is 445 g/mol. The van der Waals surface area contributed by atoms with Gasteiger partial charge >= 0.3 is 11.5 Å². The predicted octanol–water partition coefficient (Wildman–Crippen LogP) is 5.85. The molecular weight excluding hydrogens is 438 g/mol. The van der Waals surface area contributed by atoms with Crippen molar-refractivity contribution < 1.29 is 31.5 Å². The maximum Gasteiger partial charge on any atom is 0.446 e. The lowest BCUT2D eigenvalue weighted by molar-refractivity contribution is -0.0328. The lowest BCUT2D eigenvalue weighted by atomic mass is 10.2. The number of amides is 3. The Morgan fingerprint density at radius 3 is 2.26 bits per heavy atom. The van der Waals surface area contributed by atoms with Crippen LogP contribution in [0.25, 0.3) is 0 Å². The number of benzene rings is 2. The number of rotatable bonds is 3. The molecule has 0 heterocycles. The van der Waals surface area contributed by atoms with Crippen molar-refractivity contribution in [1.82, 2.24) is 5.32 Å². The number of carbonyl (C=O) groups is 2. The van der Waals surface area contributed by atoms with Gasteiger partial charge < -0.3 is 5.32 Å². The predicted molar refractivity (Wildman–Crippen MR) is 91.2 cm³/mol. The highest BCUT2D eigenvalue weighted by Gasteiger charge is 2.31. The third-order valence-corrected chi connectivity index (χ3v) is 4.44. The van der Waals surface area contributed by atoms with E-state index >= 15 is 0 Å². The van der Waals surface area contributed by atoms with Gasteiger partial charge in [-0.05, 0) is 36.0 Å². The lowest BCUT2D eigenvalue weighted by Crippen LogP contribution is -2.35. The van der Waals surface area contributed by atoms with Gasteiger partial charge in [-0.15, -0.1) is 0 Å². The summed E-state index contributed by atoms with van der Waals surface area (Å²) in [7, 11) is 0. The van der Waals surface area contributed by atoms with Gasteiger partial charge in [-0.25, -0.2) is 13.6 Å². The molecule has 2 aromatic carbocycles. The number of imide groups is 1. The zero-order chi connectivity index (χ0) is 20.4. The molecule has 27 heavy (non-hydrogen) atoms. The van der Waals surface area contributed by atoms with Gasteiger partial charge in [-0.3, -0.25) is 10.1 Å². The van der Waals surface area contributed by atoms with E-state index in [-0.39, 0.29) is 5.02 Å². The zero-order valence-electron chi connectivity index (χ0n) is 12.8. The molecule has 0 aliphatic carbocycles. The van der Waals surface area contributed by atoms with E-state index in [0.29, 0.717) is 6.07 Å². The Bertz CT molecular complexity index is 888. The quantitative estimate of drug-likeness (QED) is 0.461. The van der Waals surface area contributed by atoms with Crippen molar-refractivity contribution in [1.29, 1.82) is 0 Å². The van der Waals surface area contributed by atoms with E-state index in [4.69, 9.17) is 23.2 Å². The number of hydrogen-bond acceptors (Lipinski definition) is 3. The van der Waals surface area contributed by atoms with E-state index in [1.54, 1.807) is 5.32 Å². The summed E-state index contributed by atoms with van der Waals surface area (Å²) in [4.78, 5) is 23.1. The number of alkyl halides is 3. The van der Waals surface area contributed by atoms with Crippen molar-refractivity contribution in [2.75, 3.05) is 5.32 Å². The van der Waals surface area contributed by atoms with Crippen molar-refractivity contribution in [2.24, 2.45) is 0 Å². The first-order valence-corrected chi connectivity index (χ1v) is 8.36. The molecule has 0 aliphatic rings. The van der Waals surface area contributed by atoms with Gasteiger partial charge in [0.1, 0.15) is 11.6 Å². The Hall–Kier alpha value is -2.04. The van der Waals surface area contributed by atoms with Crippen LogP contribution in [-0.2, 0) is 0 Å². The van der Waals surface area contributed by atoms with Crippen LogP contribution in [0.4, 0.5) is 32.4 Å². The molecule has 0 saturated carbocycles. The van der Waals surface area contributed by atoms with E-state index in [1.807, 2.05) is 5.32 Å². The molecule has 0 saturated heterocycles. The maximum absolute atomic E-state index is 13.9. The molecule has 0 bridgehead atoms. The topological polar surface area (TPSA) is 58.2 Å². The van der Waals surface area contributed by atoms with E-state index in [9.17, 15) is 31.5 Å². The highest BCUT2D eigenvalue weighted by Crippen LogP contribution is 2.41. The van der Waals surface area contributed by atoms with Gasteiger partial charge in [0.25, 0.3) is 5.91 Å². The molecule has 0 fully saturated rings. The number of carbonyl (C=O) groups excluding carboxylic acids is 2. The largest absolute Gasteiger partial charge is 0.446 e. The zero-order valence-corrected chi connectivity index (χ0v) is 15.1. The molecular formula is C15H7Cl2F5N2O2S. The van der Waals surface area contributed by atoms with Crippen LogP contribution >= 0.6 is 35.0 Å². The van der Waals surface area contributed by atoms with Crippen LogP contribution < -0.4 is 10.6 Å². The monoisotopic (exact) mass is 444 g/mol. The molecule has 12 heteroatoms. The van der Waals surface area contributed by atoms with Gasteiger partial charge in [0.2, 0.25) is 0 Å². The van der Waals surface area contributed by atoms with Crippen molar-refractivity contribution in [3.63, 3.8) is 0 Å². The Kier molecular flexibility index (Phi) is 6.55. The smallest absolute Gasteiger partial charge is 0.305 e. The number of hydrogen-bond donors (Lipinski definition) is 2. The maximum atomic E-state index is 13.9. The van der Waals surface area contributed by atoms with Crippen molar-refractivity contribution in [2.45, 2.75) is 10.4 Å². The van der Waals surface area contributed by atoms with Crippen LogP contribution in [0.2, 0.25) is 10.0 Å². The minimum absolute atomic E-state index is 0.261. The standard InChI is InChI=1S/C15H7Cl2F5N2O2S/c16-6-2-1-3-8(18)12(6)13(25)24-14(26)23-10-4-7(17)11(5-9(10)19)27-15(20,21)22/h1-5H,(H2,23,24,25,26). The molecule has 0 atom stereocenters. The SMILES string of the molecule is O=C(NC(=O)c1c(F)cccc1Cl)Nc1cc(Cl)c(SC(F)(F)F)cc1F. The second-order valence-electron chi connectivity index (χ2n) is 4.82. The van der Waals surface area contributed by atoms with Crippen LogP contribution in [0, 0.1) is 11.6 Å². The van der Waals surface area contributed by atoms with E-state index in [1.165, 1.54) is 12.1 Å². The highest BCUT2D eigenvalue weighted by atomic mass is 35.5. The molecule has 3 amide bonds. The van der Waals surface area contributed by atoms with E-state index < -0.39 is 62.0 Å². The normalized spacial score (nSPS) is 11.2. The van der Waals surface area contributed by atoms with Gasteiger partial charge in [0, 0.05) is 4.90 Å². The average Bonchev–Trinajstić information content (AvgIpc) is 2.50. The van der Waals surface area contributed by atoms with Crippen molar-refractivity contribution in [3.05, 3.63) is 57.6 Å². The van der Waals surface area contributed by atoms with E-state index in [0.717, 1.165) is 12.1 Å². The molecule has 0 spiro atoms. The summed E-state index contributed by atoms with van der Waals surface area (Å²) in [6.45, 7) is 0. The number of nitrogens with one attached hydrogen (secondary N) is 2. The van der Waals surface area contributed by atoms with Crippen molar-refractivity contribution in [3.8, 4) is 0 Å². The van der Waals surface area contributed by atoms with Crippen molar-refractivity contribution >= 4 is 52.6 Å².